The second kappa shape index (κ2) is 8.31. The lowest BCUT2D eigenvalue weighted by Gasteiger charge is -2.10. The Morgan fingerprint density at radius 1 is 1.17 bits per heavy atom. The van der Waals surface area contributed by atoms with E-state index < -0.39 is 24.3 Å². The number of esters is 1. The lowest BCUT2D eigenvalue weighted by molar-refractivity contribution is -0.146. The lowest BCUT2D eigenvalue weighted by atomic mass is 10.1. The van der Waals surface area contributed by atoms with Crippen LogP contribution in [0.5, 0.6) is 5.75 Å². The van der Waals surface area contributed by atoms with Crippen LogP contribution >= 0.6 is 11.6 Å². The molecule has 7 heteroatoms. The van der Waals surface area contributed by atoms with Gasteiger partial charge in [0.1, 0.15) is 11.6 Å². The number of ether oxygens (including phenoxy) is 2. The number of methoxy groups -OCH3 is 1. The number of anilines is 1. The van der Waals surface area contributed by atoms with Crippen molar-refractivity contribution in [2.24, 2.45) is 0 Å². The Kier molecular flexibility index (Phi) is 6.14. The smallest absolute Gasteiger partial charge is 0.310 e. The van der Waals surface area contributed by atoms with E-state index in [9.17, 15) is 14.0 Å². The molecule has 0 aliphatic rings. The van der Waals surface area contributed by atoms with Crippen molar-refractivity contribution in [1.82, 2.24) is 0 Å². The molecule has 0 spiro atoms. The maximum absolute atomic E-state index is 13.6. The highest BCUT2D eigenvalue weighted by Gasteiger charge is 2.15. The van der Waals surface area contributed by atoms with Crippen molar-refractivity contribution >= 4 is 29.2 Å². The topological polar surface area (TPSA) is 64.6 Å². The van der Waals surface area contributed by atoms with Gasteiger partial charge in [-0.3, -0.25) is 9.59 Å². The van der Waals surface area contributed by atoms with Gasteiger partial charge in [0.15, 0.2) is 6.61 Å². The first-order chi connectivity index (χ1) is 11.5. The molecule has 24 heavy (non-hydrogen) atoms. The fraction of sp³-hybridized carbons (Fsp3) is 0.176. The zero-order valence-electron chi connectivity index (χ0n) is 12.8. The van der Waals surface area contributed by atoms with E-state index in [0.717, 1.165) is 0 Å². The van der Waals surface area contributed by atoms with Gasteiger partial charge in [0.25, 0.3) is 5.91 Å². The first kappa shape index (κ1) is 17.7. The summed E-state index contributed by atoms with van der Waals surface area (Å²) in [4.78, 5) is 23.6. The van der Waals surface area contributed by atoms with Crippen LogP contribution in [0.3, 0.4) is 0 Å². The summed E-state index contributed by atoms with van der Waals surface area (Å²) >= 11 is 5.84. The van der Waals surface area contributed by atoms with Gasteiger partial charge >= 0.3 is 5.97 Å². The van der Waals surface area contributed by atoms with E-state index >= 15 is 0 Å². The summed E-state index contributed by atoms with van der Waals surface area (Å²) < 4.78 is 23.5. The van der Waals surface area contributed by atoms with Gasteiger partial charge in [0.05, 0.1) is 19.2 Å². The Morgan fingerprint density at radius 2 is 1.92 bits per heavy atom. The SMILES string of the molecule is COc1ccccc1NC(=O)COC(=O)Cc1c(F)cccc1Cl. The molecule has 0 saturated carbocycles. The molecule has 0 atom stereocenters. The van der Waals surface area contributed by atoms with Crippen LogP contribution in [0.15, 0.2) is 42.5 Å². The number of benzene rings is 2. The van der Waals surface area contributed by atoms with Gasteiger partial charge in [-0.1, -0.05) is 29.8 Å². The van der Waals surface area contributed by atoms with Crippen molar-refractivity contribution in [1.29, 1.82) is 0 Å². The van der Waals surface area contributed by atoms with Gasteiger partial charge < -0.3 is 14.8 Å². The highest BCUT2D eigenvalue weighted by atomic mass is 35.5. The predicted molar refractivity (Wildman–Crippen MR) is 87.7 cm³/mol. The number of hydrogen-bond acceptors (Lipinski definition) is 4. The van der Waals surface area contributed by atoms with Crippen molar-refractivity contribution in [2.75, 3.05) is 19.0 Å². The lowest BCUT2D eigenvalue weighted by Crippen LogP contribution is -2.22. The van der Waals surface area contributed by atoms with Crippen LogP contribution in [-0.2, 0) is 20.7 Å². The third-order valence-corrected chi connectivity index (χ3v) is 3.48. The summed E-state index contributed by atoms with van der Waals surface area (Å²) in [5.74, 6) is -1.40. The van der Waals surface area contributed by atoms with Crippen molar-refractivity contribution < 1.29 is 23.5 Å². The maximum Gasteiger partial charge on any atom is 0.310 e. The number of carbonyl (C=O) groups is 2. The summed E-state index contributed by atoms with van der Waals surface area (Å²) in [6.45, 7) is -0.497. The molecule has 0 aromatic heterocycles. The van der Waals surface area contributed by atoms with Crippen LogP contribution < -0.4 is 10.1 Å². The molecule has 0 aliphatic heterocycles. The van der Waals surface area contributed by atoms with Gasteiger partial charge in [0.2, 0.25) is 0 Å². The van der Waals surface area contributed by atoms with Crippen LogP contribution in [0.4, 0.5) is 10.1 Å². The van der Waals surface area contributed by atoms with E-state index in [1.54, 1.807) is 24.3 Å². The molecular formula is C17H15ClFNO4. The fourth-order valence-corrected chi connectivity index (χ4v) is 2.21. The minimum absolute atomic E-state index is 0.0364. The van der Waals surface area contributed by atoms with E-state index in [4.69, 9.17) is 21.1 Å². The van der Waals surface area contributed by atoms with E-state index in [0.29, 0.717) is 11.4 Å². The number of hydrogen-bond donors (Lipinski definition) is 1. The van der Waals surface area contributed by atoms with Gasteiger partial charge in [-0.25, -0.2) is 4.39 Å². The molecule has 0 heterocycles. The minimum Gasteiger partial charge on any atom is -0.495 e. The van der Waals surface area contributed by atoms with Crippen LogP contribution in [-0.4, -0.2) is 25.6 Å². The molecule has 126 valence electrons. The molecule has 0 aliphatic carbocycles. The standard InChI is InChI=1S/C17H15ClFNO4/c1-23-15-8-3-2-7-14(15)20-16(21)10-24-17(22)9-11-12(18)5-4-6-13(11)19/h2-8H,9-10H2,1H3,(H,20,21). The van der Waals surface area contributed by atoms with Crippen molar-refractivity contribution in [3.63, 3.8) is 0 Å². The molecule has 2 aromatic rings. The number of nitrogens with one attached hydrogen (secondary N) is 1. The molecule has 2 aromatic carbocycles. The first-order valence-electron chi connectivity index (χ1n) is 7.02. The second-order valence-electron chi connectivity index (χ2n) is 4.79. The van der Waals surface area contributed by atoms with Gasteiger partial charge in [-0.05, 0) is 24.3 Å². The molecule has 0 saturated heterocycles. The summed E-state index contributed by atoms with van der Waals surface area (Å²) in [7, 11) is 1.48. The zero-order chi connectivity index (χ0) is 17.5. The van der Waals surface area contributed by atoms with Crippen molar-refractivity contribution in [3.05, 3.63) is 58.9 Å². The molecule has 0 bridgehead atoms. The van der Waals surface area contributed by atoms with Gasteiger partial charge in [-0.15, -0.1) is 0 Å². The Morgan fingerprint density at radius 3 is 2.62 bits per heavy atom. The molecule has 1 amide bonds. The Bertz CT molecular complexity index is 731. The number of halogens is 2. The number of rotatable bonds is 6. The minimum atomic E-state index is -0.753. The van der Waals surface area contributed by atoms with E-state index in [2.05, 4.69) is 5.32 Å². The molecular weight excluding hydrogens is 337 g/mol. The summed E-state index contributed by atoms with van der Waals surface area (Å²) in [6.07, 6.45) is -0.354. The average molecular weight is 352 g/mol. The second-order valence-corrected chi connectivity index (χ2v) is 5.19. The summed E-state index contributed by atoms with van der Waals surface area (Å²) in [5.41, 5.74) is 0.493. The van der Waals surface area contributed by atoms with Crippen molar-refractivity contribution in [2.45, 2.75) is 6.42 Å². The van der Waals surface area contributed by atoms with E-state index in [1.165, 1.54) is 25.3 Å². The number of carbonyl (C=O) groups excluding carboxylic acids is 2. The third-order valence-electron chi connectivity index (χ3n) is 3.13. The number of para-hydroxylation sites is 2. The monoisotopic (exact) mass is 351 g/mol. The number of amides is 1. The van der Waals surface area contributed by atoms with Gasteiger partial charge in [0, 0.05) is 10.6 Å². The van der Waals surface area contributed by atoms with Crippen LogP contribution in [0.25, 0.3) is 0 Å². The normalized spacial score (nSPS) is 10.1. The molecule has 0 radical (unpaired) electrons. The highest BCUT2D eigenvalue weighted by molar-refractivity contribution is 6.31. The summed E-state index contributed by atoms with van der Waals surface area (Å²) in [5, 5.41) is 2.69. The molecule has 5 nitrogen and oxygen atoms in total. The fourth-order valence-electron chi connectivity index (χ4n) is 1.98. The largest absolute Gasteiger partial charge is 0.495 e. The van der Waals surface area contributed by atoms with E-state index in [1.807, 2.05) is 0 Å². The van der Waals surface area contributed by atoms with Crippen LogP contribution in [0.2, 0.25) is 5.02 Å². The van der Waals surface area contributed by atoms with Crippen LogP contribution in [0.1, 0.15) is 5.56 Å². The van der Waals surface area contributed by atoms with Gasteiger partial charge in [-0.2, -0.15) is 0 Å². The maximum atomic E-state index is 13.6. The Labute approximate surface area is 143 Å². The highest BCUT2D eigenvalue weighted by Crippen LogP contribution is 2.23. The zero-order valence-corrected chi connectivity index (χ0v) is 13.6. The van der Waals surface area contributed by atoms with Crippen molar-refractivity contribution in [3.8, 4) is 5.75 Å². The molecule has 0 fully saturated rings. The Hall–Kier alpha value is -2.60. The molecule has 1 N–H and O–H groups in total. The Balaban J connectivity index is 1.88. The van der Waals surface area contributed by atoms with E-state index in [-0.39, 0.29) is 17.0 Å². The third kappa shape index (κ3) is 4.70. The average Bonchev–Trinajstić information content (AvgIpc) is 2.57. The summed E-state index contributed by atoms with van der Waals surface area (Å²) in [6, 6.07) is 10.9. The molecule has 2 rings (SSSR count). The predicted octanol–water partition coefficient (Wildman–Crippen LogP) is 3.21. The molecule has 0 unspecified atom stereocenters. The first-order valence-corrected chi connectivity index (χ1v) is 7.40. The quantitative estimate of drug-likeness (QED) is 0.812. The van der Waals surface area contributed by atoms with Crippen LogP contribution in [0, 0.1) is 5.82 Å².